The van der Waals surface area contributed by atoms with Crippen LogP contribution in [0, 0.1) is 11.7 Å². The fraction of sp³-hybridized carbons (Fsp3) is 0.429. The van der Waals surface area contributed by atoms with Crippen LogP contribution in [0.3, 0.4) is 0 Å². The molecule has 0 spiro atoms. The average molecular weight is 266 g/mol. The van der Waals surface area contributed by atoms with Gasteiger partial charge in [0.1, 0.15) is 5.82 Å². The maximum Gasteiger partial charge on any atom is 0.123 e. The number of hydrogen-bond donors (Lipinski definition) is 2. The Morgan fingerprint density at radius 2 is 2.17 bits per heavy atom. The van der Waals surface area contributed by atoms with Crippen molar-refractivity contribution in [1.29, 1.82) is 0 Å². The van der Waals surface area contributed by atoms with E-state index in [1.165, 1.54) is 10.9 Å². The predicted octanol–water partition coefficient (Wildman–Crippen LogP) is 3.98. The van der Waals surface area contributed by atoms with Crippen molar-refractivity contribution in [3.63, 3.8) is 0 Å². The summed E-state index contributed by atoms with van der Waals surface area (Å²) in [7, 11) is 0. The second-order valence-electron chi connectivity index (χ2n) is 4.74. The zero-order chi connectivity index (χ0) is 13.1. The molecule has 1 aromatic carbocycles. The topological polar surface area (TPSA) is 38.0 Å². The Bertz CT molecular complexity index is 523. The summed E-state index contributed by atoms with van der Waals surface area (Å²) >= 11 is 1.68. The standard InChI is InChI=1S/C14H19FN2S/c1-3-4-9(2)14(17-16)13-8-10-7-11(15)5-6-12(10)18-13/h5-9,14,17H,3-4,16H2,1-2H3. The van der Waals surface area contributed by atoms with Crippen molar-refractivity contribution in [3.05, 3.63) is 35.0 Å². The summed E-state index contributed by atoms with van der Waals surface area (Å²) in [5, 5.41) is 0.957. The lowest BCUT2D eigenvalue weighted by atomic mass is 9.96. The van der Waals surface area contributed by atoms with Crippen molar-refractivity contribution >= 4 is 21.4 Å². The summed E-state index contributed by atoms with van der Waals surface area (Å²) in [5.74, 6) is 5.95. The summed E-state index contributed by atoms with van der Waals surface area (Å²) in [5.41, 5.74) is 2.90. The molecule has 2 nitrogen and oxygen atoms in total. The van der Waals surface area contributed by atoms with Crippen molar-refractivity contribution in [2.24, 2.45) is 11.8 Å². The number of nitrogens with two attached hydrogens (primary N) is 1. The summed E-state index contributed by atoms with van der Waals surface area (Å²) in [6, 6.07) is 7.10. The number of rotatable bonds is 5. The Kier molecular flexibility index (Phi) is 4.32. The fourth-order valence-electron chi connectivity index (χ4n) is 2.34. The third-order valence-electron chi connectivity index (χ3n) is 3.30. The van der Waals surface area contributed by atoms with Crippen LogP contribution < -0.4 is 11.3 Å². The molecule has 0 radical (unpaired) electrons. The van der Waals surface area contributed by atoms with Gasteiger partial charge in [0.15, 0.2) is 0 Å². The van der Waals surface area contributed by atoms with Crippen molar-refractivity contribution in [2.75, 3.05) is 0 Å². The molecule has 2 unspecified atom stereocenters. The molecule has 18 heavy (non-hydrogen) atoms. The quantitative estimate of drug-likeness (QED) is 0.634. The van der Waals surface area contributed by atoms with E-state index in [-0.39, 0.29) is 11.9 Å². The van der Waals surface area contributed by atoms with E-state index in [1.54, 1.807) is 17.4 Å². The highest BCUT2D eigenvalue weighted by molar-refractivity contribution is 7.19. The largest absolute Gasteiger partial charge is 0.271 e. The number of hydrazine groups is 1. The van der Waals surface area contributed by atoms with Crippen LogP contribution in [0.1, 0.15) is 37.6 Å². The van der Waals surface area contributed by atoms with Gasteiger partial charge >= 0.3 is 0 Å². The summed E-state index contributed by atoms with van der Waals surface area (Å²) in [6.07, 6.45) is 2.26. The van der Waals surface area contributed by atoms with Crippen LogP contribution in [0.5, 0.6) is 0 Å². The van der Waals surface area contributed by atoms with E-state index < -0.39 is 0 Å². The van der Waals surface area contributed by atoms with Gasteiger partial charge in [-0.1, -0.05) is 20.3 Å². The number of nitrogens with one attached hydrogen (secondary N) is 1. The van der Waals surface area contributed by atoms with E-state index in [0.717, 1.165) is 22.9 Å². The molecule has 4 heteroatoms. The maximum absolute atomic E-state index is 13.2. The molecule has 3 N–H and O–H groups in total. The molecule has 1 aromatic heterocycles. The van der Waals surface area contributed by atoms with Crippen LogP contribution in [0.15, 0.2) is 24.3 Å². The van der Waals surface area contributed by atoms with E-state index in [1.807, 2.05) is 12.1 Å². The second-order valence-corrected chi connectivity index (χ2v) is 5.86. The molecule has 2 atom stereocenters. The smallest absolute Gasteiger partial charge is 0.123 e. The average Bonchev–Trinajstić information content (AvgIpc) is 2.72. The lowest BCUT2D eigenvalue weighted by Gasteiger charge is -2.21. The molecular formula is C14H19FN2S. The van der Waals surface area contributed by atoms with Gasteiger partial charge in [0, 0.05) is 9.58 Å². The molecule has 0 fully saturated rings. The first-order chi connectivity index (χ1) is 8.65. The minimum absolute atomic E-state index is 0.144. The number of fused-ring (bicyclic) bond motifs is 1. The first-order valence-electron chi connectivity index (χ1n) is 6.30. The molecule has 2 aromatic rings. The molecule has 2 rings (SSSR count). The Labute approximate surface area is 111 Å². The van der Waals surface area contributed by atoms with E-state index in [0.29, 0.717) is 5.92 Å². The molecular weight excluding hydrogens is 247 g/mol. The van der Waals surface area contributed by atoms with E-state index in [9.17, 15) is 4.39 Å². The Morgan fingerprint density at radius 1 is 1.39 bits per heavy atom. The minimum atomic E-state index is -0.189. The van der Waals surface area contributed by atoms with Crippen LogP contribution >= 0.6 is 11.3 Å². The van der Waals surface area contributed by atoms with Gasteiger partial charge < -0.3 is 0 Å². The van der Waals surface area contributed by atoms with Crippen LogP contribution in [0.4, 0.5) is 4.39 Å². The number of halogens is 1. The normalized spacial score (nSPS) is 14.9. The number of benzene rings is 1. The number of thiophene rings is 1. The highest BCUT2D eigenvalue weighted by Crippen LogP contribution is 2.34. The van der Waals surface area contributed by atoms with E-state index in [4.69, 9.17) is 5.84 Å². The molecule has 0 aliphatic heterocycles. The summed E-state index contributed by atoms with van der Waals surface area (Å²) < 4.78 is 14.3. The zero-order valence-electron chi connectivity index (χ0n) is 10.7. The SMILES string of the molecule is CCCC(C)C(NN)c1cc2cc(F)ccc2s1. The lowest BCUT2D eigenvalue weighted by molar-refractivity contribution is 0.373. The second kappa shape index (κ2) is 5.78. The van der Waals surface area contributed by atoms with E-state index in [2.05, 4.69) is 19.3 Å². The highest BCUT2D eigenvalue weighted by atomic mass is 32.1. The molecule has 0 bridgehead atoms. The molecule has 1 heterocycles. The van der Waals surface area contributed by atoms with Crippen LogP contribution in [-0.4, -0.2) is 0 Å². The van der Waals surface area contributed by atoms with Gasteiger partial charge in [0.25, 0.3) is 0 Å². The Balaban J connectivity index is 2.33. The molecule has 0 saturated heterocycles. The van der Waals surface area contributed by atoms with Crippen molar-refractivity contribution in [3.8, 4) is 0 Å². The van der Waals surface area contributed by atoms with Gasteiger partial charge in [-0.2, -0.15) is 0 Å². The lowest BCUT2D eigenvalue weighted by Crippen LogP contribution is -2.31. The zero-order valence-corrected chi connectivity index (χ0v) is 11.6. The predicted molar refractivity (Wildman–Crippen MR) is 75.9 cm³/mol. The number of hydrogen-bond acceptors (Lipinski definition) is 3. The van der Waals surface area contributed by atoms with Crippen molar-refractivity contribution in [2.45, 2.75) is 32.7 Å². The molecule has 0 aliphatic rings. The third-order valence-corrected chi connectivity index (χ3v) is 4.50. The molecule has 0 aliphatic carbocycles. The molecule has 0 amide bonds. The maximum atomic E-state index is 13.2. The van der Waals surface area contributed by atoms with Crippen LogP contribution in [-0.2, 0) is 0 Å². The molecule has 0 saturated carbocycles. The minimum Gasteiger partial charge on any atom is -0.271 e. The summed E-state index contributed by atoms with van der Waals surface area (Å²) in [6.45, 7) is 4.36. The first kappa shape index (κ1) is 13.5. The van der Waals surface area contributed by atoms with Gasteiger partial charge in [0.05, 0.1) is 6.04 Å². The van der Waals surface area contributed by atoms with Gasteiger partial charge in [-0.3, -0.25) is 11.3 Å². The van der Waals surface area contributed by atoms with Crippen LogP contribution in [0.2, 0.25) is 0 Å². The fourth-order valence-corrected chi connectivity index (χ4v) is 3.58. The summed E-state index contributed by atoms with van der Waals surface area (Å²) in [4.78, 5) is 1.18. The van der Waals surface area contributed by atoms with Gasteiger partial charge in [0.2, 0.25) is 0 Å². The Morgan fingerprint density at radius 3 is 2.83 bits per heavy atom. The van der Waals surface area contributed by atoms with Gasteiger partial charge in [-0.15, -0.1) is 11.3 Å². The van der Waals surface area contributed by atoms with E-state index >= 15 is 0 Å². The Hall–Kier alpha value is -0.970. The van der Waals surface area contributed by atoms with Crippen molar-refractivity contribution in [1.82, 2.24) is 5.43 Å². The highest BCUT2D eigenvalue weighted by Gasteiger charge is 2.19. The molecule has 98 valence electrons. The van der Waals surface area contributed by atoms with Crippen LogP contribution in [0.25, 0.3) is 10.1 Å². The third kappa shape index (κ3) is 2.71. The first-order valence-corrected chi connectivity index (χ1v) is 7.12. The monoisotopic (exact) mass is 266 g/mol. The van der Waals surface area contributed by atoms with Gasteiger partial charge in [-0.25, -0.2) is 4.39 Å². The van der Waals surface area contributed by atoms with Gasteiger partial charge in [-0.05, 0) is 42.0 Å². The van der Waals surface area contributed by atoms with Crippen molar-refractivity contribution < 1.29 is 4.39 Å².